The van der Waals surface area contributed by atoms with Crippen molar-refractivity contribution in [3.63, 3.8) is 0 Å². The highest BCUT2D eigenvalue weighted by Gasteiger charge is 2.14. The van der Waals surface area contributed by atoms with E-state index in [0.29, 0.717) is 47.5 Å². The van der Waals surface area contributed by atoms with Gasteiger partial charge in [-0.1, -0.05) is 18.2 Å². The first kappa shape index (κ1) is 26.1. The Hall–Kier alpha value is -4.53. The minimum atomic E-state index is -0.749. The molecule has 0 aromatic heterocycles. The number of carbonyl (C=O) groups is 3. The molecule has 0 aliphatic rings. The van der Waals surface area contributed by atoms with Crippen LogP contribution in [0.4, 0.5) is 5.69 Å². The largest absolute Gasteiger partial charge is 0.490 e. The highest BCUT2D eigenvalue weighted by atomic mass is 16.5. The number of hydrogen-bond donors (Lipinski definition) is 2. The Labute approximate surface area is 209 Å². The van der Waals surface area contributed by atoms with E-state index in [1.165, 1.54) is 0 Å². The van der Waals surface area contributed by atoms with Crippen LogP contribution in [0.15, 0.2) is 72.8 Å². The van der Waals surface area contributed by atoms with Gasteiger partial charge < -0.3 is 29.6 Å². The van der Waals surface area contributed by atoms with Crippen LogP contribution < -0.4 is 24.8 Å². The zero-order valence-electron chi connectivity index (χ0n) is 20.1. The Morgan fingerprint density at radius 2 is 1.44 bits per heavy atom. The highest BCUT2D eigenvalue weighted by molar-refractivity contribution is 5.97. The van der Waals surface area contributed by atoms with Gasteiger partial charge >= 0.3 is 5.97 Å². The summed E-state index contributed by atoms with van der Waals surface area (Å²) in [5, 5.41) is 5.09. The Bertz CT molecular complexity index is 1160. The lowest BCUT2D eigenvalue weighted by atomic mass is 10.2. The number of para-hydroxylation sites is 1. The van der Waals surface area contributed by atoms with Crippen LogP contribution in [0.25, 0.3) is 0 Å². The predicted octanol–water partition coefficient (Wildman–Crippen LogP) is 4.19. The molecule has 0 saturated carbocycles. The van der Waals surface area contributed by atoms with E-state index in [-0.39, 0.29) is 0 Å². The number of hydrogen-bond acceptors (Lipinski definition) is 7. The molecule has 0 fully saturated rings. The van der Waals surface area contributed by atoms with Crippen molar-refractivity contribution in [2.24, 2.45) is 0 Å². The number of benzene rings is 3. The fourth-order valence-electron chi connectivity index (χ4n) is 3.07. The molecule has 0 bridgehead atoms. The number of esters is 1. The average molecular weight is 493 g/mol. The van der Waals surface area contributed by atoms with Crippen LogP contribution in [0, 0.1) is 0 Å². The van der Waals surface area contributed by atoms with Gasteiger partial charge in [0, 0.05) is 11.3 Å². The molecule has 0 unspecified atom stereocenters. The molecule has 36 heavy (non-hydrogen) atoms. The van der Waals surface area contributed by atoms with Gasteiger partial charge in [-0.25, -0.2) is 0 Å². The Morgan fingerprint density at radius 1 is 0.778 bits per heavy atom. The Morgan fingerprint density at radius 3 is 2.14 bits per heavy atom. The summed E-state index contributed by atoms with van der Waals surface area (Å²) in [4.78, 5) is 36.5. The molecule has 9 heteroatoms. The third-order valence-electron chi connectivity index (χ3n) is 4.68. The van der Waals surface area contributed by atoms with Gasteiger partial charge in [0.15, 0.2) is 18.1 Å². The molecule has 0 aliphatic heterocycles. The van der Waals surface area contributed by atoms with E-state index < -0.39 is 30.9 Å². The van der Waals surface area contributed by atoms with Crippen molar-refractivity contribution < 1.29 is 33.3 Å². The molecule has 3 rings (SSSR count). The fourth-order valence-corrected chi connectivity index (χ4v) is 3.07. The molecule has 9 nitrogen and oxygen atoms in total. The lowest BCUT2D eigenvalue weighted by Gasteiger charge is -2.12. The number of ether oxygens (including phenoxy) is 4. The van der Waals surface area contributed by atoms with E-state index in [4.69, 9.17) is 18.9 Å². The third-order valence-corrected chi connectivity index (χ3v) is 4.68. The number of anilines is 1. The van der Waals surface area contributed by atoms with Gasteiger partial charge in [0.2, 0.25) is 0 Å². The van der Waals surface area contributed by atoms with Crippen molar-refractivity contribution in [2.75, 3.05) is 31.7 Å². The second-order valence-electron chi connectivity index (χ2n) is 7.36. The van der Waals surface area contributed by atoms with Gasteiger partial charge in [0.1, 0.15) is 18.0 Å². The first-order valence-electron chi connectivity index (χ1n) is 11.4. The zero-order valence-corrected chi connectivity index (χ0v) is 20.1. The summed E-state index contributed by atoms with van der Waals surface area (Å²) in [6, 6.07) is 20.8. The standard InChI is InChI=1S/C27H28N2O7/c1-3-33-23-15-10-19(16-24(23)34-4-2)27(32)28-17-26(31)35-18-25(30)29-20-11-13-22(14-12-20)36-21-8-6-5-7-9-21/h5-16H,3-4,17-18H2,1-2H3,(H,28,32)(H,29,30). The zero-order chi connectivity index (χ0) is 25.8. The summed E-state index contributed by atoms with van der Waals surface area (Å²) in [5.74, 6) is 0.525. The van der Waals surface area contributed by atoms with Crippen molar-refractivity contribution in [3.8, 4) is 23.0 Å². The van der Waals surface area contributed by atoms with Crippen LogP contribution >= 0.6 is 0 Å². The molecule has 0 aliphatic carbocycles. The maximum absolute atomic E-state index is 12.4. The predicted molar refractivity (Wildman–Crippen MR) is 134 cm³/mol. The molecule has 188 valence electrons. The van der Waals surface area contributed by atoms with Crippen LogP contribution in [0.2, 0.25) is 0 Å². The second-order valence-corrected chi connectivity index (χ2v) is 7.36. The number of amides is 2. The molecule has 0 heterocycles. The fraction of sp³-hybridized carbons (Fsp3) is 0.222. The van der Waals surface area contributed by atoms with Crippen molar-refractivity contribution in [1.82, 2.24) is 5.32 Å². The summed E-state index contributed by atoms with van der Waals surface area (Å²) < 4.78 is 21.6. The monoisotopic (exact) mass is 492 g/mol. The number of carbonyl (C=O) groups excluding carboxylic acids is 3. The molecule has 2 N–H and O–H groups in total. The molecule has 2 amide bonds. The third kappa shape index (κ3) is 8.05. The second kappa shape index (κ2) is 13.4. The molecule has 3 aromatic rings. The van der Waals surface area contributed by atoms with Crippen molar-refractivity contribution in [3.05, 3.63) is 78.4 Å². The summed E-state index contributed by atoms with van der Waals surface area (Å²) in [7, 11) is 0. The average Bonchev–Trinajstić information content (AvgIpc) is 2.89. The summed E-state index contributed by atoms with van der Waals surface area (Å²) in [6.07, 6.45) is 0. The maximum Gasteiger partial charge on any atom is 0.325 e. The van der Waals surface area contributed by atoms with Gasteiger partial charge in [-0.2, -0.15) is 0 Å². The van der Waals surface area contributed by atoms with Crippen molar-refractivity contribution in [1.29, 1.82) is 0 Å². The first-order valence-corrected chi connectivity index (χ1v) is 11.4. The van der Waals surface area contributed by atoms with E-state index in [1.807, 2.05) is 44.2 Å². The van der Waals surface area contributed by atoms with E-state index in [2.05, 4.69) is 10.6 Å². The quantitative estimate of drug-likeness (QED) is 0.365. The minimum absolute atomic E-state index is 0.298. The normalized spacial score (nSPS) is 10.2. The number of nitrogens with one attached hydrogen (secondary N) is 2. The van der Waals surface area contributed by atoms with Crippen LogP contribution in [0.1, 0.15) is 24.2 Å². The van der Waals surface area contributed by atoms with E-state index in [1.54, 1.807) is 42.5 Å². The van der Waals surface area contributed by atoms with Crippen molar-refractivity contribution in [2.45, 2.75) is 13.8 Å². The molecule has 3 aromatic carbocycles. The highest BCUT2D eigenvalue weighted by Crippen LogP contribution is 2.28. The topological polar surface area (TPSA) is 112 Å². The molecule has 0 atom stereocenters. The van der Waals surface area contributed by atoms with Crippen molar-refractivity contribution >= 4 is 23.5 Å². The minimum Gasteiger partial charge on any atom is -0.490 e. The van der Waals surface area contributed by atoms with Gasteiger partial charge in [0.25, 0.3) is 11.8 Å². The van der Waals surface area contributed by atoms with Crippen LogP contribution in [0.5, 0.6) is 23.0 Å². The molecule has 0 radical (unpaired) electrons. The smallest absolute Gasteiger partial charge is 0.325 e. The number of rotatable bonds is 12. The van der Waals surface area contributed by atoms with E-state index in [9.17, 15) is 14.4 Å². The van der Waals surface area contributed by atoms with Gasteiger partial charge in [-0.15, -0.1) is 0 Å². The van der Waals surface area contributed by atoms with Crippen LogP contribution in [-0.4, -0.2) is 44.1 Å². The SMILES string of the molecule is CCOc1ccc(C(=O)NCC(=O)OCC(=O)Nc2ccc(Oc3ccccc3)cc2)cc1OCC. The lowest BCUT2D eigenvalue weighted by Crippen LogP contribution is -2.32. The van der Waals surface area contributed by atoms with Gasteiger partial charge in [0.05, 0.1) is 13.2 Å². The van der Waals surface area contributed by atoms with Gasteiger partial charge in [-0.3, -0.25) is 14.4 Å². The maximum atomic E-state index is 12.4. The Balaban J connectivity index is 1.41. The van der Waals surface area contributed by atoms with Gasteiger partial charge in [-0.05, 0) is 68.4 Å². The summed E-state index contributed by atoms with van der Waals surface area (Å²) in [6.45, 7) is 3.65. The first-order chi connectivity index (χ1) is 17.5. The Kier molecular flexibility index (Phi) is 9.69. The van der Waals surface area contributed by atoms with E-state index in [0.717, 1.165) is 0 Å². The van der Waals surface area contributed by atoms with Crippen LogP contribution in [0.3, 0.4) is 0 Å². The molecule has 0 saturated heterocycles. The summed E-state index contributed by atoms with van der Waals surface area (Å²) in [5.41, 5.74) is 0.817. The van der Waals surface area contributed by atoms with Crippen LogP contribution in [-0.2, 0) is 14.3 Å². The molecule has 0 spiro atoms. The molecular weight excluding hydrogens is 464 g/mol. The van der Waals surface area contributed by atoms with E-state index >= 15 is 0 Å². The summed E-state index contributed by atoms with van der Waals surface area (Å²) >= 11 is 0. The lowest BCUT2D eigenvalue weighted by molar-refractivity contribution is -0.146. The molecular formula is C27H28N2O7.